The van der Waals surface area contributed by atoms with Crippen LogP contribution in [0.2, 0.25) is 5.02 Å². The first-order valence-corrected chi connectivity index (χ1v) is 5.94. The summed E-state index contributed by atoms with van der Waals surface area (Å²) in [6.07, 6.45) is 0. The lowest BCUT2D eigenvalue weighted by molar-refractivity contribution is -0.131. The zero-order valence-corrected chi connectivity index (χ0v) is 11.1. The number of tetrazole rings is 1. The molecule has 8 heteroatoms. The van der Waals surface area contributed by atoms with E-state index in [-0.39, 0.29) is 18.4 Å². The molecule has 0 aliphatic carbocycles. The number of rotatable bonds is 4. The first-order valence-electron chi connectivity index (χ1n) is 5.57. The lowest BCUT2D eigenvalue weighted by atomic mass is 10.2. The Bertz CT molecular complexity index is 584. The molecular weight excluding hydrogens is 268 g/mol. The van der Waals surface area contributed by atoms with Gasteiger partial charge in [0.15, 0.2) is 0 Å². The molecule has 1 aromatic carbocycles. The number of anilines is 1. The fourth-order valence-electron chi connectivity index (χ4n) is 1.54. The molecule has 0 aliphatic rings. The summed E-state index contributed by atoms with van der Waals surface area (Å²) in [5, 5.41) is 11.1. The molecule has 2 rings (SSSR count). The van der Waals surface area contributed by atoms with Crippen molar-refractivity contribution >= 4 is 23.5 Å². The molecule has 0 saturated heterocycles. The number of aromatic nitrogens is 4. The van der Waals surface area contributed by atoms with Gasteiger partial charge in [-0.2, -0.15) is 0 Å². The number of carbonyl (C=O) groups is 1. The maximum Gasteiger partial charge on any atom is 0.244 e. The van der Waals surface area contributed by atoms with Gasteiger partial charge in [0.2, 0.25) is 11.9 Å². The van der Waals surface area contributed by atoms with Crippen molar-refractivity contribution in [2.45, 2.75) is 13.1 Å². The molecular formula is C11H13ClN6O. The fourth-order valence-corrected chi connectivity index (χ4v) is 1.74. The first-order chi connectivity index (χ1) is 9.08. The second kappa shape index (κ2) is 5.66. The van der Waals surface area contributed by atoms with Crippen LogP contribution in [0.1, 0.15) is 5.56 Å². The molecule has 0 unspecified atom stereocenters. The average Bonchev–Trinajstić information content (AvgIpc) is 2.78. The maximum absolute atomic E-state index is 12.0. The third-order valence-electron chi connectivity index (χ3n) is 2.64. The predicted octanol–water partition coefficient (Wildman–Crippen LogP) is 0.567. The van der Waals surface area contributed by atoms with Crippen molar-refractivity contribution < 1.29 is 4.79 Å². The summed E-state index contributed by atoms with van der Waals surface area (Å²) in [4.78, 5) is 13.5. The summed E-state index contributed by atoms with van der Waals surface area (Å²) < 4.78 is 1.24. The molecule has 19 heavy (non-hydrogen) atoms. The minimum Gasteiger partial charge on any atom is -0.367 e. The van der Waals surface area contributed by atoms with Crippen LogP contribution < -0.4 is 5.73 Å². The number of nitrogens with two attached hydrogens (primary N) is 1. The van der Waals surface area contributed by atoms with Gasteiger partial charge in [-0.1, -0.05) is 34.9 Å². The van der Waals surface area contributed by atoms with Gasteiger partial charge in [-0.3, -0.25) is 4.79 Å². The topological polar surface area (TPSA) is 89.9 Å². The van der Waals surface area contributed by atoms with Crippen LogP contribution in [-0.4, -0.2) is 38.1 Å². The quantitative estimate of drug-likeness (QED) is 0.884. The molecule has 7 nitrogen and oxygen atoms in total. The Kier molecular flexibility index (Phi) is 3.96. The summed E-state index contributed by atoms with van der Waals surface area (Å²) in [5.41, 5.74) is 6.38. The third kappa shape index (κ3) is 3.19. The normalized spacial score (nSPS) is 10.4. The van der Waals surface area contributed by atoms with Gasteiger partial charge >= 0.3 is 0 Å². The third-order valence-corrected chi connectivity index (χ3v) is 3.00. The van der Waals surface area contributed by atoms with Crippen LogP contribution in [0.5, 0.6) is 0 Å². The van der Waals surface area contributed by atoms with Gasteiger partial charge < -0.3 is 10.6 Å². The van der Waals surface area contributed by atoms with Gasteiger partial charge in [-0.15, -0.1) is 0 Å². The highest BCUT2D eigenvalue weighted by Gasteiger charge is 2.13. The molecule has 0 atom stereocenters. The predicted molar refractivity (Wildman–Crippen MR) is 70.2 cm³/mol. The fraction of sp³-hybridized carbons (Fsp3) is 0.273. The Labute approximate surface area is 114 Å². The zero-order chi connectivity index (χ0) is 13.8. The van der Waals surface area contributed by atoms with Crippen LogP contribution in [-0.2, 0) is 17.9 Å². The second-order valence-corrected chi connectivity index (χ2v) is 4.44. The summed E-state index contributed by atoms with van der Waals surface area (Å²) >= 11 is 6.05. The largest absolute Gasteiger partial charge is 0.367 e. The van der Waals surface area contributed by atoms with Crippen LogP contribution in [0.4, 0.5) is 5.95 Å². The highest BCUT2D eigenvalue weighted by Crippen LogP contribution is 2.16. The number of hydrogen-bond donors (Lipinski definition) is 1. The van der Waals surface area contributed by atoms with E-state index < -0.39 is 0 Å². The van der Waals surface area contributed by atoms with Crippen molar-refractivity contribution in [1.29, 1.82) is 0 Å². The lowest BCUT2D eigenvalue weighted by Gasteiger charge is -2.17. The van der Waals surface area contributed by atoms with Crippen molar-refractivity contribution in [3.8, 4) is 0 Å². The molecule has 1 aromatic heterocycles. The van der Waals surface area contributed by atoms with Crippen molar-refractivity contribution in [2.75, 3.05) is 12.8 Å². The number of carbonyl (C=O) groups excluding carboxylic acids is 1. The number of amides is 1. The van der Waals surface area contributed by atoms with E-state index in [4.69, 9.17) is 17.3 Å². The van der Waals surface area contributed by atoms with Crippen LogP contribution in [0, 0.1) is 0 Å². The van der Waals surface area contributed by atoms with Crippen molar-refractivity contribution in [3.63, 3.8) is 0 Å². The van der Waals surface area contributed by atoms with Crippen molar-refractivity contribution in [3.05, 3.63) is 34.9 Å². The molecule has 2 aromatic rings. The number of nitrogens with zero attached hydrogens (tertiary/aromatic N) is 5. The molecule has 2 N–H and O–H groups in total. The van der Waals surface area contributed by atoms with Gasteiger partial charge in [-0.05, 0) is 22.1 Å². The standard InChI is InChI=1S/C11H13ClN6O/c1-17(6-8-4-2-3-5-9(8)12)10(19)7-18-11(13)14-15-16-18/h2-5H,6-7H2,1H3,(H2,13,14,16). The molecule has 0 spiro atoms. The number of halogens is 1. The van der Waals surface area contributed by atoms with E-state index in [1.807, 2.05) is 18.2 Å². The Balaban J connectivity index is 2.00. The SMILES string of the molecule is CN(Cc1ccccc1Cl)C(=O)Cn1nnnc1N. The molecule has 0 saturated carbocycles. The Morgan fingerprint density at radius 2 is 2.21 bits per heavy atom. The van der Waals surface area contributed by atoms with Crippen molar-refractivity contribution in [2.24, 2.45) is 0 Å². The van der Waals surface area contributed by atoms with Crippen molar-refractivity contribution in [1.82, 2.24) is 25.1 Å². The highest BCUT2D eigenvalue weighted by molar-refractivity contribution is 6.31. The Morgan fingerprint density at radius 1 is 1.47 bits per heavy atom. The van der Waals surface area contributed by atoms with Crippen LogP contribution in [0.25, 0.3) is 0 Å². The van der Waals surface area contributed by atoms with Crippen LogP contribution >= 0.6 is 11.6 Å². The number of benzene rings is 1. The highest BCUT2D eigenvalue weighted by atomic mass is 35.5. The smallest absolute Gasteiger partial charge is 0.244 e. The minimum absolute atomic E-state index is 0.000212. The Hall–Kier alpha value is -2.15. The average molecular weight is 281 g/mol. The van der Waals surface area contributed by atoms with Crippen LogP contribution in [0.3, 0.4) is 0 Å². The van der Waals surface area contributed by atoms with Gasteiger partial charge in [-0.25, -0.2) is 4.68 Å². The van der Waals surface area contributed by atoms with E-state index in [2.05, 4.69) is 15.5 Å². The van der Waals surface area contributed by atoms with Crippen LogP contribution in [0.15, 0.2) is 24.3 Å². The minimum atomic E-state index is -0.154. The number of nitrogen functional groups attached to an aromatic ring is 1. The number of hydrogen-bond acceptors (Lipinski definition) is 5. The summed E-state index contributed by atoms with van der Waals surface area (Å²) in [5.74, 6) is -0.0431. The molecule has 1 amide bonds. The van der Waals surface area contributed by atoms with E-state index >= 15 is 0 Å². The molecule has 0 radical (unpaired) electrons. The molecule has 1 heterocycles. The molecule has 100 valence electrons. The Morgan fingerprint density at radius 3 is 2.84 bits per heavy atom. The lowest BCUT2D eigenvalue weighted by Crippen LogP contribution is -2.30. The van der Waals surface area contributed by atoms with Gasteiger partial charge in [0.1, 0.15) is 6.54 Å². The number of likely N-dealkylation sites (N-methyl/N-ethyl adjacent to an activating group) is 1. The van der Waals surface area contributed by atoms with E-state index in [1.54, 1.807) is 18.0 Å². The van der Waals surface area contributed by atoms with E-state index in [9.17, 15) is 4.79 Å². The summed E-state index contributed by atoms with van der Waals surface area (Å²) in [7, 11) is 1.69. The zero-order valence-electron chi connectivity index (χ0n) is 10.3. The second-order valence-electron chi connectivity index (χ2n) is 4.04. The van der Waals surface area contributed by atoms with E-state index in [0.717, 1.165) is 5.56 Å². The van der Waals surface area contributed by atoms with Gasteiger partial charge in [0, 0.05) is 18.6 Å². The van der Waals surface area contributed by atoms with E-state index in [0.29, 0.717) is 11.6 Å². The summed E-state index contributed by atoms with van der Waals surface area (Å²) in [6, 6.07) is 7.38. The van der Waals surface area contributed by atoms with Gasteiger partial charge in [0.05, 0.1) is 0 Å². The molecule has 0 bridgehead atoms. The maximum atomic E-state index is 12.0. The van der Waals surface area contributed by atoms with E-state index in [1.165, 1.54) is 4.68 Å². The first kappa shape index (κ1) is 13.3. The monoisotopic (exact) mass is 280 g/mol. The summed E-state index contributed by atoms with van der Waals surface area (Å²) in [6.45, 7) is 0.417. The van der Waals surface area contributed by atoms with Gasteiger partial charge in [0.25, 0.3) is 0 Å². The molecule has 0 fully saturated rings. The molecule has 0 aliphatic heterocycles.